The number of halogens is 1. The maximum absolute atomic E-state index is 13.3. The lowest BCUT2D eigenvalue weighted by Crippen LogP contribution is -2.37. The van der Waals surface area contributed by atoms with Gasteiger partial charge < -0.3 is 15.2 Å². The fourth-order valence-electron chi connectivity index (χ4n) is 2.53. The molecule has 1 aromatic rings. The van der Waals surface area contributed by atoms with Gasteiger partial charge in [0, 0.05) is 12.6 Å². The minimum Gasteiger partial charge on any atom is -0.489 e. The third kappa shape index (κ3) is 4.20. The normalized spacial score (nSPS) is 22.4. The molecule has 2 rings (SSSR count). The van der Waals surface area contributed by atoms with Gasteiger partial charge in [-0.05, 0) is 37.8 Å². The van der Waals surface area contributed by atoms with E-state index in [0.717, 1.165) is 25.7 Å². The average molecular weight is 281 g/mol. The molecule has 1 aromatic carbocycles. The van der Waals surface area contributed by atoms with Gasteiger partial charge in [-0.3, -0.25) is 4.79 Å². The summed E-state index contributed by atoms with van der Waals surface area (Å²) in [7, 11) is 0. The van der Waals surface area contributed by atoms with E-state index in [2.05, 4.69) is 5.32 Å². The minimum absolute atomic E-state index is 0.192. The number of para-hydroxylation sites is 1. The van der Waals surface area contributed by atoms with Crippen LogP contribution in [-0.4, -0.2) is 30.3 Å². The Kier molecular flexibility index (Phi) is 5.35. The van der Waals surface area contributed by atoms with Crippen LogP contribution in [0.4, 0.5) is 4.39 Å². The van der Waals surface area contributed by atoms with Gasteiger partial charge in [0.1, 0.15) is 6.61 Å². The van der Waals surface area contributed by atoms with Crippen LogP contribution in [0.25, 0.3) is 0 Å². The molecule has 0 saturated heterocycles. The summed E-state index contributed by atoms with van der Waals surface area (Å²) in [5.41, 5.74) is 0. The zero-order valence-electron chi connectivity index (χ0n) is 11.3. The molecule has 4 nitrogen and oxygen atoms in total. The van der Waals surface area contributed by atoms with Gasteiger partial charge in [-0.15, -0.1) is 0 Å². The van der Waals surface area contributed by atoms with Gasteiger partial charge in [0.05, 0.1) is 5.92 Å². The molecule has 1 saturated carbocycles. The molecule has 0 spiro atoms. The molecule has 0 atom stereocenters. The van der Waals surface area contributed by atoms with Gasteiger partial charge in [0.25, 0.3) is 0 Å². The van der Waals surface area contributed by atoms with Crippen LogP contribution in [0.3, 0.4) is 0 Å². The lowest BCUT2D eigenvalue weighted by molar-refractivity contribution is -0.142. The molecular formula is C15H20FNO3. The topological polar surface area (TPSA) is 58.6 Å². The molecule has 0 amide bonds. The maximum atomic E-state index is 13.3. The van der Waals surface area contributed by atoms with E-state index < -0.39 is 5.97 Å². The summed E-state index contributed by atoms with van der Waals surface area (Å²) in [6.45, 7) is 1.04. The van der Waals surface area contributed by atoms with Crippen LogP contribution in [0.2, 0.25) is 0 Å². The number of carboxylic acids is 1. The minimum atomic E-state index is -0.689. The van der Waals surface area contributed by atoms with Crippen LogP contribution >= 0.6 is 0 Å². The predicted octanol–water partition coefficient (Wildman–Crippen LogP) is 2.44. The average Bonchev–Trinajstić information content (AvgIpc) is 2.46. The Bertz CT molecular complexity index is 444. The molecule has 1 aliphatic carbocycles. The van der Waals surface area contributed by atoms with E-state index >= 15 is 0 Å². The standard InChI is InChI=1S/C15H20FNO3/c16-13-3-1-2-4-14(13)20-10-9-17-12-7-5-11(6-8-12)15(18)19/h1-4,11-12,17H,5-10H2,(H,18,19). The van der Waals surface area contributed by atoms with E-state index in [0.29, 0.717) is 19.2 Å². The second kappa shape index (κ2) is 7.24. The highest BCUT2D eigenvalue weighted by molar-refractivity contribution is 5.70. The molecule has 5 heteroatoms. The van der Waals surface area contributed by atoms with Crippen molar-refractivity contribution in [2.45, 2.75) is 31.7 Å². The van der Waals surface area contributed by atoms with Crippen molar-refractivity contribution in [2.24, 2.45) is 5.92 Å². The number of ether oxygens (including phenoxy) is 1. The first-order valence-electron chi connectivity index (χ1n) is 7.00. The van der Waals surface area contributed by atoms with E-state index in [-0.39, 0.29) is 17.5 Å². The SMILES string of the molecule is O=C(O)C1CCC(NCCOc2ccccc2F)CC1. The number of nitrogens with one attached hydrogen (secondary N) is 1. The van der Waals surface area contributed by atoms with Crippen molar-refractivity contribution in [3.05, 3.63) is 30.1 Å². The lowest BCUT2D eigenvalue weighted by Gasteiger charge is -2.26. The van der Waals surface area contributed by atoms with Crippen LogP contribution < -0.4 is 10.1 Å². The Morgan fingerprint density at radius 1 is 1.30 bits per heavy atom. The van der Waals surface area contributed by atoms with E-state index in [1.165, 1.54) is 6.07 Å². The summed E-state index contributed by atoms with van der Waals surface area (Å²) in [5, 5.41) is 12.2. The van der Waals surface area contributed by atoms with Gasteiger partial charge >= 0.3 is 5.97 Å². The number of hydrogen-bond acceptors (Lipinski definition) is 3. The molecule has 2 N–H and O–H groups in total. The number of benzene rings is 1. The number of rotatable bonds is 6. The van der Waals surface area contributed by atoms with Crippen molar-refractivity contribution >= 4 is 5.97 Å². The Morgan fingerprint density at radius 3 is 2.65 bits per heavy atom. The Morgan fingerprint density at radius 2 is 2.00 bits per heavy atom. The predicted molar refractivity (Wildman–Crippen MR) is 73.3 cm³/mol. The van der Waals surface area contributed by atoms with Crippen molar-refractivity contribution in [3.8, 4) is 5.75 Å². The quantitative estimate of drug-likeness (QED) is 0.786. The maximum Gasteiger partial charge on any atom is 0.306 e. The third-order valence-electron chi connectivity index (χ3n) is 3.71. The van der Waals surface area contributed by atoms with Gasteiger partial charge in [0.15, 0.2) is 11.6 Å². The summed E-state index contributed by atoms with van der Waals surface area (Å²) in [6.07, 6.45) is 3.19. The van der Waals surface area contributed by atoms with Crippen molar-refractivity contribution in [3.63, 3.8) is 0 Å². The first-order chi connectivity index (χ1) is 9.66. The van der Waals surface area contributed by atoms with Crippen molar-refractivity contribution in [2.75, 3.05) is 13.2 Å². The van der Waals surface area contributed by atoms with Crippen LogP contribution in [0.1, 0.15) is 25.7 Å². The van der Waals surface area contributed by atoms with Gasteiger partial charge in [-0.2, -0.15) is 0 Å². The van der Waals surface area contributed by atoms with Crippen molar-refractivity contribution in [1.82, 2.24) is 5.32 Å². The van der Waals surface area contributed by atoms with Crippen LogP contribution in [-0.2, 0) is 4.79 Å². The summed E-state index contributed by atoms with van der Waals surface area (Å²) < 4.78 is 18.6. The number of aliphatic carboxylic acids is 1. The molecule has 0 radical (unpaired) electrons. The van der Waals surface area contributed by atoms with E-state index in [1.807, 2.05) is 0 Å². The molecule has 0 unspecified atom stereocenters. The van der Waals surface area contributed by atoms with E-state index in [9.17, 15) is 9.18 Å². The zero-order chi connectivity index (χ0) is 14.4. The van der Waals surface area contributed by atoms with Gasteiger partial charge in [0.2, 0.25) is 0 Å². The second-order valence-electron chi connectivity index (χ2n) is 5.12. The van der Waals surface area contributed by atoms with Crippen LogP contribution in [0.15, 0.2) is 24.3 Å². The summed E-state index contributed by atoms with van der Waals surface area (Å²) in [4.78, 5) is 10.8. The number of carboxylic acid groups (broad SMARTS) is 1. The molecule has 1 aliphatic rings. The fourth-order valence-corrected chi connectivity index (χ4v) is 2.53. The molecule has 1 fully saturated rings. The van der Waals surface area contributed by atoms with E-state index in [1.54, 1.807) is 18.2 Å². The van der Waals surface area contributed by atoms with Gasteiger partial charge in [-0.1, -0.05) is 12.1 Å². The highest BCUT2D eigenvalue weighted by Gasteiger charge is 2.25. The first-order valence-corrected chi connectivity index (χ1v) is 7.00. The monoisotopic (exact) mass is 281 g/mol. The number of carbonyl (C=O) groups is 1. The van der Waals surface area contributed by atoms with Crippen molar-refractivity contribution < 1.29 is 19.0 Å². The molecule has 0 bridgehead atoms. The summed E-state index contributed by atoms with van der Waals surface area (Å²) in [5.74, 6) is -0.965. The first kappa shape index (κ1) is 14.8. The third-order valence-corrected chi connectivity index (χ3v) is 3.71. The Balaban J connectivity index is 1.63. The van der Waals surface area contributed by atoms with Crippen LogP contribution in [0, 0.1) is 11.7 Å². The van der Waals surface area contributed by atoms with Gasteiger partial charge in [-0.25, -0.2) is 4.39 Å². The molecule has 110 valence electrons. The Hall–Kier alpha value is -1.62. The smallest absolute Gasteiger partial charge is 0.306 e. The Labute approximate surface area is 117 Å². The van der Waals surface area contributed by atoms with Crippen LogP contribution in [0.5, 0.6) is 5.75 Å². The molecule has 20 heavy (non-hydrogen) atoms. The highest BCUT2D eigenvalue weighted by atomic mass is 19.1. The summed E-state index contributed by atoms with van der Waals surface area (Å²) in [6, 6.07) is 6.68. The largest absolute Gasteiger partial charge is 0.489 e. The fraction of sp³-hybridized carbons (Fsp3) is 0.533. The van der Waals surface area contributed by atoms with E-state index in [4.69, 9.17) is 9.84 Å². The molecule has 0 heterocycles. The molecule has 0 aliphatic heterocycles. The molecular weight excluding hydrogens is 261 g/mol. The highest BCUT2D eigenvalue weighted by Crippen LogP contribution is 2.24. The second-order valence-corrected chi connectivity index (χ2v) is 5.12. The lowest BCUT2D eigenvalue weighted by atomic mass is 9.86. The zero-order valence-corrected chi connectivity index (χ0v) is 11.3. The van der Waals surface area contributed by atoms with Crippen molar-refractivity contribution in [1.29, 1.82) is 0 Å². The number of hydrogen-bond donors (Lipinski definition) is 2. The molecule has 0 aromatic heterocycles. The summed E-state index contributed by atoms with van der Waals surface area (Å²) >= 11 is 0.